The first-order valence-corrected chi connectivity index (χ1v) is 11.1. The van der Waals surface area contributed by atoms with Crippen molar-refractivity contribution >= 4 is 23.4 Å². The van der Waals surface area contributed by atoms with Gasteiger partial charge in [0.05, 0.1) is 12.8 Å². The number of carbonyl (C=O) groups excluding carboxylic acids is 3. The molecule has 1 aliphatic rings. The van der Waals surface area contributed by atoms with Gasteiger partial charge in [0, 0.05) is 19.2 Å². The number of hydrogen-bond donors (Lipinski definition) is 2. The lowest BCUT2D eigenvalue weighted by atomic mass is 9.95. The van der Waals surface area contributed by atoms with Gasteiger partial charge >= 0.3 is 0 Å². The van der Waals surface area contributed by atoms with Gasteiger partial charge in [-0.15, -0.1) is 0 Å². The standard InChI is InChI=1S/C27H27N3O4/c1-17(25(31)28-16-18-12-14-19(34-3)15-13-18)26(32)29-24-22-10-5-4-8-20(22)21-9-6-7-11-23(21)30(2)27(24)33/h4-15,17,24H,16H2,1-3H3,(H,28,31)(H,29,32)/t17-,24-/m0/s1. The first-order chi connectivity index (χ1) is 16.4. The van der Waals surface area contributed by atoms with E-state index in [-0.39, 0.29) is 12.5 Å². The molecular weight excluding hydrogens is 430 g/mol. The van der Waals surface area contributed by atoms with Crippen molar-refractivity contribution in [2.24, 2.45) is 5.92 Å². The SMILES string of the molecule is COc1ccc(CNC(=O)[C@H](C)C(=O)N[C@@H]2C(=O)N(C)c3ccccc3-c3ccccc32)cc1. The summed E-state index contributed by atoms with van der Waals surface area (Å²) in [6.45, 7) is 1.81. The third kappa shape index (κ3) is 4.50. The Kier molecular flexibility index (Phi) is 6.63. The van der Waals surface area contributed by atoms with Gasteiger partial charge in [0.1, 0.15) is 17.7 Å². The highest BCUT2D eigenvalue weighted by Crippen LogP contribution is 2.39. The Labute approximate surface area is 198 Å². The number of hydrogen-bond acceptors (Lipinski definition) is 4. The zero-order chi connectivity index (χ0) is 24.2. The molecule has 0 saturated heterocycles. The molecule has 3 amide bonds. The third-order valence-electron chi connectivity index (χ3n) is 6.10. The molecule has 1 aliphatic heterocycles. The molecule has 0 spiro atoms. The van der Waals surface area contributed by atoms with Crippen molar-refractivity contribution in [2.75, 3.05) is 19.1 Å². The van der Waals surface area contributed by atoms with Gasteiger partial charge in [-0.1, -0.05) is 54.6 Å². The maximum absolute atomic E-state index is 13.4. The Morgan fingerprint density at radius 2 is 1.59 bits per heavy atom. The molecule has 0 unspecified atom stereocenters. The second-order valence-corrected chi connectivity index (χ2v) is 8.23. The predicted molar refractivity (Wildman–Crippen MR) is 130 cm³/mol. The molecule has 2 N–H and O–H groups in total. The maximum atomic E-state index is 13.4. The van der Waals surface area contributed by atoms with E-state index in [0.29, 0.717) is 5.56 Å². The van der Waals surface area contributed by atoms with Crippen LogP contribution in [0.5, 0.6) is 5.75 Å². The van der Waals surface area contributed by atoms with Crippen molar-refractivity contribution in [1.82, 2.24) is 10.6 Å². The van der Waals surface area contributed by atoms with Crippen LogP contribution in [0.1, 0.15) is 24.1 Å². The second-order valence-electron chi connectivity index (χ2n) is 8.23. The summed E-state index contributed by atoms with van der Waals surface area (Å²) in [4.78, 5) is 40.6. The quantitative estimate of drug-likeness (QED) is 0.555. The Hall–Kier alpha value is -4.13. The summed E-state index contributed by atoms with van der Waals surface area (Å²) in [5.74, 6) is -1.45. The Morgan fingerprint density at radius 1 is 0.941 bits per heavy atom. The van der Waals surface area contributed by atoms with E-state index in [1.165, 1.54) is 6.92 Å². The van der Waals surface area contributed by atoms with Crippen molar-refractivity contribution in [3.05, 3.63) is 83.9 Å². The van der Waals surface area contributed by atoms with Crippen LogP contribution < -0.4 is 20.3 Å². The lowest BCUT2D eigenvalue weighted by molar-refractivity contribution is -0.136. The summed E-state index contributed by atoms with van der Waals surface area (Å²) in [5, 5.41) is 5.60. The van der Waals surface area contributed by atoms with E-state index in [2.05, 4.69) is 10.6 Å². The highest BCUT2D eigenvalue weighted by atomic mass is 16.5. The van der Waals surface area contributed by atoms with E-state index in [1.807, 2.05) is 60.7 Å². The Bertz CT molecular complexity index is 1220. The first-order valence-electron chi connectivity index (χ1n) is 11.1. The van der Waals surface area contributed by atoms with Crippen molar-refractivity contribution in [2.45, 2.75) is 19.5 Å². The van der Waals surface area contributed by atoms with Gasteiger partial charge in [-0.25, -0.2) is 0 Å². The summed E-state index contributed by atoms with van der Waals surface area (Å²) >= 11 is 0. The number of benzene rings is 3. The van der Waals surface area contributed by atoms with Gasteiger partial charge in [-0.3, -0.25) is 14.4 Å². The number of para-hydroxylation sites is 1. The molecule has 4 rings (SSSR count). The number of methoxy groups -OCH3 is 1. The van der Waals surface area contributed by atoms with Crippen LogP contribution in [-0.2, 0) is 20.9 Å². The monoisotopic (exact) mass is 457 g/mol. The fourth-order valence-corrected chi connectivity index (χ4v) is 4.04. The van der Waals surface area contributed by atoms with Crippen LogP contribution in [-0.4, -0.2) is 31.9 Å². The van der Waals surface area contributed by atoms with Gasteiger partial charge in [0.25, 0.3) is 5.91 Å². The van der Waals surface area contributed by atoms with E-state index >= 15 is 0 Å². The first kappa shape index (κ1) is 23.0. The number of likely N-dealkylation sites (N-methyl/N-ethyl adjacent to an activating group) is 1. The fourth-order valence-electron chi connectivity index (χ4n) is 4.04. The number of nitrogens with one attached hydrogen (secondary N) is 2. The summed E-state index contributed by atoms with van der Waals surface area (Å²) in [7, 11) is 3.28. The van der Waals surface area contributed by atoms with Crippen LogP contribution in [0.15, 0.2) is 72.8 Å². The number of rotatable bonds is 6. The molecule has 7 heteroatoms. The van der Waals surface area contributed by atoms with E-state index in [1.54, 1.807) is 31.2 Å². The van der Waals surface area contributed by atoms with E-state index in [0.717, 1.165) is 28.1 Å². The molecule has 7 nitrogen and oxygen atoms in total. The molecule has 0 aromatic heterocycles. The van der Waals surface area contributed by atoms with E-state index in [4.69, 9.17) is 4.74 Å². The topological polar surface area (TPSA) is 87.7 Å². The number of fused-ring (bicyclic) bond motifs is 3. The summed E-state index contributed by atoms with van der Waals surface area (Å²) in [5.41, 5.74) is 4.13. The highest BCUT2D eigenvalue weighted by Gasteiger charge is 2.34. The smallest absolute Gasteiger partial charge is 0.253 e. The van der Waals surface area contributed by atoms with Crippen LogP contribution in [0.2, 0.25) is 0 Å². The summed E-state index contributed by atoms with van der Waals surface area (Å²) in [6, 6.07) is 21.5. The molecule has 0 aliphatic carbocycles. The summed E-state index contributed by atoms with van der Waals surface area (Å²) < 4.78 is 5.14. The Balaban J connectivity index is 1.50. The van der Waals surface area contributed by atoms with Crippen LogP contribution in [0.25, 0.3) is 11.1 Å². The van der Waals surface area contributed by atoms with Gasteiger partial charge in [0.15, 0.2) is 0 Å². The zero-order valence-electron chi connectivity index (χ0n) is 19.4. The molecule has 2 atom stereocenters. The molecule has 0 fully saturated rings. The van der Waals surface area contributed by atoms with E-state index < -0.39 is 23.8 Å². The normalized spacial score (nSPS) is 15.4. The molecule has 3 aromatic carbocycles. The largest absolute Gasteiger partial charge is 0.497 e. The molecule has 0 saturated carbocycles. The predicted octanol–water partition coefficient (Wildman–Crippen LogP) is 3.45. The van der Waals surface area contributed by atoms with Crippen molar-refractivity contribution < 1.29 is 19.1 Å². The van der Waals surface area contributed by atoms with Crippen LogP contribution in [0.4, 0.5) is 5.69 Å². The zero-order valence-corrected chi connectivity index (χ0v) is 19.4. The fraction of sp³-hybridized carbons (Fsp3) is 0.222. The van der Waals surface area contributed by atoms with Crippen LogP contribution in [0.3, 0.4) is 0 Å². The van der Waals surface area contributed by atoms with Gasteiger partial charge in [0.2, 0.25) is 11.8 Å². The minimum absolute atomic E-state index is 0.267. The average Bonchev–Trinajstić information content (AvgIpc) is 2.96. The van der Waals surface area contributed by atoms with Gasteiger partial charge in [-0.2, -0.15) is 0 Å². The second kappa shape index (κ2) is 9.79. The number of anilines is 1. The molecular formula is C27H27N3O4. The number of ether oxygens (including phenoxy) is 1. The lowest BCUT2D eigenvalue weighted by Gasteiger charge is -2.24. The molecule has 3 aromatic rings. The van der Waals surface area contributed by atoms with Gasteiger partial charge in [-0.05, 0) is 41.8 Å². The third-order valence-corrected chi connectivity index (χ3v) is 6.10. The minimum atomic E-state index is -0.978. The molecule has 0 radical (unpaired) electrons. The van der Waals surface area contributed by atoms with E-state index in [9.17, 15) is 14.4 Å². The molecule has 174 valence electrons. The molecule has 0 bridgehead atoms. The number of nitrogens with zero attached hydrogens (tertiary/aromatic N) is 1. The number of amides is 3. The highest BCUT2D eigenvalue weighted by molar-refractivity contribution is 6.07. The molecule has 34 heavy (non-hydrogen) atoms. The van der Waals surface area contributed by atoms with Crippen molar-refractivity contribution in [3.8, 4) is 16.9 Å². The van der Waals surface area contributed by atoms with Crippen LogP contribution >= 0.6 is 0 Å². The average molecular weight is 458 g/mol. The van der Waals surface area contributed by atoms with Crippen LogP contribution in [0, 0.1) is 5.92 Å². The number of carbonyl (C=O) groups is 3. The van der Waals surface area contributed by atoms with Gasteiger partial charge < -0.3 is 20.3 Å². The maximum Gasteiger partial charge on any atom is 0.253 e. The van der Waals surface area contributed by atoms with Crippen molar-refractivity contribution in [1.29, 1.82) is 0 Å². The Morgan fingerprint density at radius 3 is 2.29 bits per heavy atom. The van der Waals surface area contributed by atoms with Crippen molar-refractivity contribution in [3.63, 3.8) is 0 Å². The molecule has 1 heterocycles. The summed E-state index contributed by atoms with van der Waals surface area (Å²) in [6.07, 6.45) is 0. The minimum Gasteiger partial charge on any atom is -0.497 e. The lowest BCUT2D eigenvalue weighted by Crippen LogP contribution is -2.45.